The van der Waals surface area contributed by atoms with Crippen LogP contribution in [0, 0.1) is 6.92 Å². The minimum Gasteiger partial charge on any atom is -0.506 e. The van der Waals surface area contributed by atoms with Gasteiger partial charge in [0.15, 0.2) is 12.6 Å². The molecule has 1 N–H and O–H groups in total. The number of benzene rings is 2. The van der Waals surface area contributed by atoms with Crippen molar-refractivity contribution in [3.63, 3.8) is 0 Å². The molecule has 0 aromatic heterocycles. The molecule has 0 fully saturated rings. The summed E-state index contributed by atoms with van der Waals surface area (Å²) in [5.74, 6) is -0.121. The summed E-state index contributed by atoms with van der Waals surface area (Å²) in [6.45, 7) is 1.91. The van der Waals surface area contributed by atoms with Gasteiger partial charge in [0, 0.05) is 17.7 Å². The first-order valence-electron chi connectivity index (χ1n) is 7.05. The molecule has 0 aliphatic rings. The lowest BCUT2D eigenvalue weighted by atomic mass is 10.1. The molecular formula is C18H16Cl2O4. The van der Waals surface area contributed by atoms with E-state index in [1.54, 1.807) is 24.3 Å². The molecular weight excluding hydrogens is 351 g/mol. The molecule has 0 saturated heterocycles. The van der Waals surface area contributed by atoms with Crippen LogP contribution in [-0.2, 0) is 4.74 Å². The van der Waals surface area contributed by atoms with Gasteiger partial charge < -0.3 is 14.6 Å². The first-order valence-corrected chi connectivity index (χ1v) is 7.81. The van der Waals surface area contributed by atoms with E-state index in [-0.39, 0.29) is 28.9 Å². The number of hydrogen-bond acceptors (Lipinski definition) is 4. The van der Waals surface area contributed by atoms with Crippen LogP contribution < -0.4 is 4.74 Å². The van der Waals surface area contributed by atoms with Gasteiger partial charge in [0.05, 0.1) is 10.6 Å². The van der Waals surface area contributed by atoms with Gasteiger partial charge in [0.1, 0.15) is 11.5 Å². The van der Waals surface area contributed by atoms with Gasteiger partial charge in [0.25, 0.3) is 0 Å². The van der Waals surface area contributed by atoms with Crippen molar-refractivity contribution in [3.05, 3.63) is 63.1 Å². The summed E-state index contributed by atoms with van der Waals surface area (Å²) in [6, 6.07) is 8.08. The zero-order valence-corrected chi connectivity index (χ0v) is 14.7. The van der Waals surface area contributed by atoms with Gasteiger partial charge in [-0.25, -0.2) is 0 Å². The Morgan fingerprint density at radius 2 is 2.00 bits per heavy atom. The van der Waals surface area contributed by atoms with Crippen molar-refractivity contribution < 1.29 is 19.4 Å². The molecule has 0 amide bonds. The van der Waals surface area contributed by atoms with Crippen LogP contribution in [0.1, 0.15) is 21.5 Å². The number of methoxy groups -OCH3 is 1. The largest absolute Gasteiger partial charge is 0.506 e. The minimum atomic E-state index is -0.375. The van der Waals surface area contributed by atoms with Crippen molar-refractivity contribution in [2.75, 3.05) is 13.9 Å². The number of halogens is 2. The Morgan fingerprint density at radius 1 is 1.25 bits per heavy atom. The molecule has 0 aliphatic heterocycles. The van der Waals surface area contributed by atoms with Gasteiger partial charge in [-0.2, -0.15) is 0 Å². The average Bonchev–Trinajstić information content (AvgIpc) is 2.56. The van der Waals surface area contributed by atoms with Crippen LogP contribution in [0.2, 0.25) is 10.0 Å². The zero-order chi connectivity index (χ0) is 17.7. The summed E-state index contributed by atoms with van der Waals surface area (Å²) in [5.41, 5.74) is 1.65. The van der Waals surface area contributed by atoms with Crippen molar-refractivity contribution in [2.24, 2.45) is 0 Å². The second-order valence-electron chi connectivity index (χ2n) is 5.02. The fourth-order valence-corrected chi connectivity index (χ4v) is 2.36. The number of carbonyl (C=O) groups is 1. The fourth-order valence-electron chi connectivity index (χ4n) is 2.03. The minimum absolute atomic E-state index is 0.0588. The highest BCUT2D eigenvalue weighted by molar-refractivity contribution is 6.33. The van der Waals surface area contributed by atoms with E-state index in [1.807, 2.05) is 6.92 Å². The maximum atomic E-state index is 12.3. The Balaban J connectivity index is 2.32. The number of ketones is 1. The van der Waals surface area contributed by atoms with Gasteiger partial charge in [0.2, 0.25) is 0 Å². The molecule has 0 bridgehead atoms. The number of rotatable bonds is 6. The van der Waals surface area contributed by atoms with E-state index < -0.39 is 0 Å². The molecule has 0 unspecified atom stereocenters. The van der Waals surface area contributed by atoms with E-state index in [2.05, 4.69) is 0 Å². The van der Waals surface area contributed by atoms with E-state index in [4.69, 9.17) is 32.7 Å². The number of phenols is 1. The normalized spacial score (nSPS) is 11.0. The molecule has 6 heteroatoms. The van der Waals surface area contributed by atoms with Gasteiger partial charge >= 0.3 is 0 Å². The summed E-state index contributed by atoms with van der Waals surface area (Å²) in [7, 11) is 1.51. The summed E-state index contributed by atoms with van der Waals surface area (Å²) < 4.78 is 10.4. The second kappa shape index (κ2) is 8.20. The van der Waals surface area contributed by atoms with Crippen LogP contribution in [0.15, 0.2) is 36.4 Å². The highest BCUT2D eigenvalue weighted by atomic mass is 35.5. The molecule has 4 nitrogen and oxygen atoms in total. The monoisotopic (exact) mass is 366 g/mol. The molecule has 2 aromatic carbocycles. The Morgan fingerprint density at radius 3 is 2.71 bits per heavy atom. The Labute approximate surface area is 150 Å². The van der Waals surface area contributed by atoms with E-state index in [0.717, 1.165) is 5.56 Å². The number of para-hydroxylation sites is 1. The van der Waals surface area contributed by atoms with Crippen LogP contribution in [0.25, 0.3) is 6.08 Å². The number of allylic oxidation sites excluding steroid dienone is 1. The molecule has 126 valence electrons. The van der Waals surface area contributed by atoms with Gasteiger partial charge in [-0.1, -0.05) is 29.3 Å². The maximum Gasteiger partial charge on any atom is 0.189 e. The molecule has 0 radical (unpaired) electrons. The van der Waals surface area contributed by atoms with Gasteiger partial charge in [-0.3, -0.25) is 4.79 Å². The lowest BCUT2D eigenvalue weighted by Gasteiger charge is -2.10. The van der Waals surface area contributed by atoms with Crippen LogP contribution in [-0.4, -0.2) is 24.8 Å². The summed E-state index contributed by atoms with van der Waals surface area (Å²) in [6.07, 6.45) is 2.94. The Bertz CT molecular complexity index is 785. The number of hydrogen-bond donors (Lipinski definition) is 1. The van der Waals surface area contributed by atoms with Crippen molar-refractivity contribution in [2.45, 2.75) is 6.92 Å². The van der Waals surface area contributed by atoms with Gasteiger partial charge in [-0.15, -0.1) is 0 Å². The predicted octanol–water partition coefficient (Wildman–Crippen LogP) is 4.89. The molecule has 2 rings (SSSR count). The number of aryl methyl sites for hydroxylation is 1. The predicted molar refractivity (Wildman–Crippen MR) is 95.2 cm³/mol. The highest BCUT2D eigenvalue weighted by Crippen LogP contribution is 2.30. The average molecular weight is 367 g/mol. The van der Waals surface area contributed by atoms with Crippen molar-refractivity contribution in [1.82, 2.24) is 0 Å². The summed E-state index contributed by atoms with van der Waals surface area (Å²) >= 11 is 11.9. The van der Waals surface area contributed by atoms with E-state index >= 15 is 0 Å². The topological polar surface area (TPSA) is 55.8 Å². The highest BCUT2D eigenvalue weighted by Gasteiger charge is 2.12. The summed E-state index contributed by atoms with van der Waals surface area (Å²) in [4.78, 5) is 12.3. The fraction of sp³-hybridized carbons (Fsp3) is 0.167. The van der Waals surface area contributed by atoms with Crippen molar-refractivity contribution in [1.29, 1.82) is 0 Å². The smallest absolute Gasteiger partial charge is 0.189 e. The first-order chi connectivity index (χ1) is 11.4. The lowest BCUT2D eigenvalue weighted by molar-refractivity contribution is 0.0510. The van der Waals surface area contributed by atoms with Crippen LogP contribution >= 0.6 is 23.2 Å². The number of carbonyl (C=O) groups excluding carboxylic acids is 1. The molecule has 0 saturated carbocycles. The van der Waals surface area contributed by atoms with Crippen LogP contribution in [0.3, 0.4) is 0 Å². The maximum absolute atomic E-state index is 12.3. The molecule has 0 heterocycles. The third-order valence-electron chi connectivity index (χ3n) is 3.29. The molecule has 24 heavy (non-hydrogen) atoms. The SMILES string of the molecule is COCOc1cc(Cl)c(C)cc1/C=C/C(=O)c1cccc(Cl)c1O. The van der Waals surface area contributed by atoms with Crippen LogP contribution in [0.4, 0.5) is 0 Å². The zero-order valence-electron chi connectivity index (χ0n) is 13.2. The lowest BCUT2D eigenvalue weighted by Crippen LogP contribution is -2.01. The van der Waals surface area contributed by atoms with E-state index in [1.165, 1.54) is 25.3 Å². The first kappa shape index (κ1) is 18.3. The number of aromatic hydroxyl groups is 1. The molecule has 0 atom stereocenters. The van der Waals surface area contributed by atoms with E-state index in [0.29, 0.717) is 16.3 Å². The Hall–Kier alpha value is -2.01. The second-order valence-corrected chi connectivity index (χ2v) is 5.84. The quantitative estimate of drug-likeness (QED) is 0.449. The summed E-state index contributed by atoms with van der Waals surface area (Å²) in [5, 5.41) is 10.5. The van der Waals surface area contributed by atoms with E-state index in [9.17, 15) is 9.90 Å². The van der Waals surface area contributed by atoms with Crippen molar-refractivity contribution >= 4 is 35.1 Å². The standard InChI is InChI=1S/C18H16Cl2O4/c1-11-8-12(17(9-15(11)20)24-10-23-2)6-7-16(21)13-4-3-5-14(19)18(13)22/h3-9,22H,10H2,1-2H3/b7-6+. The molecule has 0 aliphatic carbocycles. The third kappa shape index (κ3) is 4.29. The Kier molecular flexibility index (Phi) is 6.26. The van der Waals surface area contributed by atoms with Crippen LogP contribution in [0.5, 0.6) is 11.5 Å². The van der Waals surface area contributed by atoms with Crippen molar-refractivity contribution in [3.8, 4) is 11.5 Å². The number of ether oxygens (including phenoxy) is 2. The third-order valence-corrected chi connectivity index (χ3v) is 4.00. The molecule has 2 aromatic rings. The molecule has 0 spiro atoms. The van der Waals surface area contributed by atoms with Gasteiger partial charge in [-0.05, 0) is 48.9 Å². The number of phenolic OH excluding ortho intramolecular Hbond substituents is 1.